The van der Waals surface area contributed by atoms with Crippen molar-refractivity contribution in [2.24, 2.45) is 0 Å². The Morgan fingerprint density at radius 2 is 0.826 bits per heavy atom. The summed E-state index contributed by atoms with van der Waals surface area (Å²) in [5.74, 6) is 0. The normalized spacial score (nSPS) is 13.0. The Morgan fingerprint density at radius 3 is 1.35 bits per heavy atom. The van der Waals surface area contributed by atoms with Crippen molar-refractivity contribution >= 4 is 17.1 Å². The van der Waals surface area contributed by atoms with Crippen LogP contribution in [-0.2, 0) is 5.41 Å². The van der Waals surface area contributed by atoms with Gasteiger partial charge in [-0.3, -0.25) is 0 Å². The van der Waals surface area contributed by atoms with E-state index in [-0.39, 0.29) is 5.41 Å². The van der Waals surface area contributed by atoms with Crippen molar-refractivity contribution in [3.63, 3.8) is 0 Å². The molecule has 0 aromatic heterocycles. The minimum absolute atomic E-state index is 0.0887. The number of fused-ring (bicyclic) bond motifs is 3. The maximum Gasteiger partial charge on any atom is 0.0465 e. The van der Waals surface area contributed by atoms with Crippen molar-refractivity contribution in [2.75, 3.05) is 4.90 Å². The number of unbranched alkanes of at least 4 members (excludes halogenated alkanes) is 14. The van der Waals surface area contributed by atoms with Crippen molar-refractivity contribution in [1.82, 2.24) is 0 Å². The highest BCUT2D eigenvalue weighted by Gasteiger charge is 2.42. The lowest BCUT2D eigenvalue weighted by molar-refractivity contribution is 0.397. The van der Waals surface area contributed by atoms with Crippen LogP contribution in [0.1, 0.15) is 141 Å². The van der Waals surface area contributed by atoms with Gasteiger partial charge in [0.15, 0.2) is 0 Å². The first-order valence-corrected chi connectivity index (χ1v) is 18.9. The van der Waals surface area contributed by atoms with Gasteiger partial charge in [0.25, 0.3) is 0 Å². The van der Waals surface area contributed by atoms with Gasteiger partial charge in [0, 0.05) is 22.5 Å². The molecule has 1 aliphatic rings. The highest BCUT2D eigenvalue weighted by Crippen LogP contribution is 2.55. The molecule has 0 atom stereocenters. The van der Waals surface area contributed by atoms with E-state index < -0.39 is 0 Å². The molecule has 0 unspecified atom stereocenters. The highest BCUT2D eigenvalue weighted by atomic mass is 15.1. The molecule has 4 aromatic carbocycles. The molecule has 0 aliphatic heterocycles. The van der Waals surface area contributed by atoms with E-state index in [9.17, 15) is 0 Å². The van der Waals surface area contributed by atoms with Crippen LogP contribution in [0.4, 0.5) is 17.1 Å². The van der Waals surface area contributed by atoms with E-state index in [4.69, 9.17) is 0 Å². The number of hydrogen-bond donors (Lipinski definition) is 0. The van der Waals surface area contributed by atoms with E-state index in [1.807, 2.05) is 0 Å². The fraction of sp³-hybridized carbons (Fsp3) is 0.467. The van der Waals surface area contributed by atoms with Crippen LogP contribution < -0.4 is 4.90 Å². The molecular formula is C45H59N. The lowest BCUT2D eigenvalue weighted by Crippen LogP contribution is -2.26. The molecule has 0 spiro atoms. The standard InChI is InChI=1S/C45H59N/c1-3-5-7-9-11-13-15-25-35-45(36-26-16-14-12-10-8-6-4-2)43-32-24-23-31-41(43)42-34-33-40(37-44(42)45)46(38-27-19-17-20-28-38)39-29-21-18-22-30-39/h17-24,27-34,37H,3-16,25-26,35-36H2,1-2H3. The summed E-state index contributed by atoms with van der Waals surface area (Å²) in [5, 5.41) is 0. The van der Waals surface area contributed by atoms with Gasteiger partial charge in [-0.15, -0.1) is 0 Å². The van der Waals surface area contributed by atoms with Crippen LogP contribution in [0.5, 0.6) is 0 Å². The zero-order chi connectivity index (χ0) is 31.9. The Hall–Kier alpha value is -3.32. The molecule has 0 saturated carbocycles. The predicted octanol–water partition coefficient (Wildman–Crippen LogP) is 14.5. The van der Waals surface area contributed by atoms with E-state index in [1.54, 1.807) is 11.1 Å². The van der Waals surface area contributed by atoms with Crippen molar-refractivity contribution in [3.05, 3.63) is 114 Å². The quantitative estimate of drug-likeness (QED) is 0.0845. The van der Waals surface area contributed by atoms with E-state index in [2.05, 4.69) is 122 Å². The van der Waals surface area contributed by atoms with E-state index in [0.717, 1.165) is 0 Å². The SMILES string of the molecule is CCCCCCCCCCC1(CCCCCCCCCC)c2ccccc2-c2ccc(N(c3ccccc3)c3ccccc3)cc21. The van der Waals surface area contributed by atoms with Crippen LogP contribution >= 0.6 is 0 Å². The van der Waals surface area contributed by atoms with Crippen molar-refractivity contribution in [1.29, 1.82) is 0 Å². The lowest BCUT2D eigenvalue weighted by Gasteiger charge is -2.34. The van der Waals surface area contributed by atoms with Gasteiger partial charge in [0.1, 0.15) is 0 Å². The third-order valence-corrected chi connectivity index (χ3v) is 10.5. The molecule has 0 saturated heterocycles. The molecule has 244 valence electrons. The summed E-state index contributed by atoms with van der Waals surface area (Å²) in [4.78, 5) is 2.45. The third kappa shape index (κ3) is 8.52. The summed E-state index contributed by atoms with van der Waals surface area (Å²) in [6, 6.07) is 38.6. The number of nitrogens with zero attached hydrogens (tertiary/aromatic N) is 1. The molecule has 0 amide bonds. The van der Waals surface area contributed by atoms with Gasteiger partial charge < -0.3 is 4.90 Å². The largest absolute Gasteiger partial charge is 0.310 e. The first-order chi connectivity index (χ1) is 22.8. The summed E-state index contributed by atoms with van der Waals surface area (Å²) in [7, 11) is 0. The molecule has 0 bridgehead atoms. The Morgan fingerprint density at radius 1 is 0.391 bits per heavy atom. The molecule has 0 radical (unpaired) electrons. The van der Waals surface area contributed by atoms with Gasteiger partial charge >= 0.3 is 0 Å². The molecule has 0 heterocycles. The zero-order valence-electron chi connectivity index (χ0n) is 29.0. The Balaban J connectivity index is 1.45. The van der Waals surface area contributed by atoms with Crippen LogP contribution in [-0.4, -0.2) is 0 Å². The molecule has 1 nitrogen and oxygen atoms in total. The van der Waals surface area contributed by atoms with Crippen molar-refractivity contribution < 1.29 is 0 Å². The van der Waals surface area contributed by atoms with Gasteiger partial charge in [-0.1, -0.05) is 183 Å². The molecule has 0 fully saturated rings. The van der Waals surface area contributed by atoms with Crippen LogP contribution in [0.15, 0.2) is 103 Å². The molecule has 1 heteroatoms. The Kier molecular flexibility index (Phi) is 13.4. The average Bonchev–Trinajstić information content (AvgIpc) is 3.37. The molecule has 5 rings (SSSR count). The van der Waals surface area contributed by atoms with Crippen molar-refractivity contribution in [2.45, 2.75) is 135 Å². The first kappa shape index (κ1) is 34.0. The number of anilines is 3. The first-order valence-electron chi connectivity index (χ1n) is 18.9. The average molecular weight is 614 g/mol. The summed E-state index contributed by atoms with van der Waals surface area (Å²) >= 11 is 0. The fourth-order valence-electron chi connectivity index (χ4n) is 7.97. The molecule has 4 aromatic rings. The number of para-hydroxylation sites is 2. The van der Waals surface area contributed by atoms with Crippen LogP contribution in [0.25, 0.3) is 11.1 Å². The van der Waals surface area contributed by atoms with E-state index >= 15 is 0 Å². The zero-order valence-corrected chi connectivity index (χ0v) is 29.0. The number of rotatable bonds is 21. The summed E-state index contributed by atoms with van der Waals surface area (Å²) in [6.07, 6.45) is 24.4. The minimum atomic E-state index is 0.0887. The van der Waals surface area contributed by atoms with E-state index in [1.165, 1.54) is 144 Å². The monoisotopic (exact) mass is 613 g/mol. The topological polar surface area (TPSA) is 3.24 Å². The van der Waals surface area contributed by atoms with Crippen molar-refractivity contribution in [3.8, 4) is 11.1 Å². The van der Waals surface area contributed by atoms with Gasteiger partial charge in [0.2, 0.25) is 0 Å². The third-order valence-electron chi connectivity index (χ3n) is 10.5. The van der Waals surface area contributed by atoms with Crippen LogP contribution in [0, 0.1) is 0 Å². The lowest BCUT2D eigenvalue weighted by atomic mass is 9.70. The van der Waals surface area contributed by atoms with E-state index in [0.29, 0.717) is 0 Å². The fourth-order valence-corrected chi connectivity index (χ4v) is 7.97. The molecule has 1 aliphatic carbocycles. The maximum absolute atomic E-state index is 2.57. The van der Waals surface area contributed by atoms with Gasteiger partial charge in [-0.2, -0.15) is 0 Å². The minimum Gasteiger partial charge on any atom is -0.310 e. The second-order valence-electron chi connectivity index (χ2n) is 13.8. The van der Waals surface area contributed by atoms with Crippen LogP contribution in [0.3, 0.4) is 0 Å². The van der Waals surface area contributed by atoms with Gasteiger partial charge in [-0.25, -0.2) is 0 Å². The second kappa shape index (κ2) is 18.1. The molecular weight excluding hydrogens is 555 g/mol. The smallest absolute Gasteiger partial charge is 0.0465 e. The Bertz CT molecular complexity index is 1360. The number of benzene rings is 4. The molecule has 46 heavy (non-hydrogen) atoms. The Labute approximate surface area is 281 Å². The number of hydrogen-bond acceptors (Lipinski definition) is 1. The summed E-state index contributed by atoms with van der Waals surface area (Å²) in [5.41, 5.74) is 9.84. The summed E-state index contributed by atoms with van der Waals surface area (Å²) < 4.78 is 0. The summed E-state index contributed by atoms with van der Waals surface area (Å²) in [6.45, 7) is 4.63. The van der Waals surface area contributed by atoms with Gasteiger partial charge in [0.05, 0.1) is 0 Å². The van der Waals surface area contributed by atoms with Crippen LogP contribution in [0.2, 0.25) is 0 Å². The molecule has 0 N–H and O–H groups in total. The maximum atomic E-state index is 2.57. The van der Waals surface area contributed by atoms with Gasteiger partial charge in [-0.05, 0) is 71.5 Å². The second-order valence-corrected chi connectivity index (χ2v) is 13.8. The predicted molar refractivity (Wildman–Crippen MR) is 202 cm³/mol. The highest BCUT2D eigenvalue weighted by molar-refractivity contribution is 5.85.